The van der Waals surface area contributed by atoms with Crippen LogP contribution in [0.3, 0.4) is 0 Å². The molecule has 98 valence electrons. The number of nitrogens with zero attached hydrogens (tertiary/aromatic N) is 2. The lowest BCUT2D eigenvalue weighted by Crippen LogP contribution is -2.23. The summed E-state index contributed by atoms with van der Waals surface area (Å²) in [4.78, 5) is 0. The summed E-state index contributed by atoms with van der Waals surface area (Å²) >= 11 is 0. The van der Waals surface area contributed by atoms with E-state index in [4.69, 9.17) is 10.9 Å². The number of rotatable bonds is 5. The molecule has 0 bridgehead atoms. The highest BCUT2D eigenvalue weighted by Gasteiger charge is 2.15. The van der Waals surface area contributed by atoms with Gasteiger partial charge in [0.1, 0.15) is 5.82 Å². The molecule has 5 N–H and O–H groups in total. The van der Waals surface area contributed by atoms with E-state index in [9.17, 15) is 8.42 Å². The number of nitrogens with one attached hydrogen (secondary N) is 1. The Balaban J connectivity index is 2.78. The molecule has 0 atom stereocenters. The summed E-state index contributed by atoms with van der Waals surface area (Å²) in [5.41, 5.74) is 7.28. The maximum Gasteiger partial charge on any atom is 0.210 e. The van der Waals surface area contributed by atoms with Gasteiger partial charge in [0.25, 0.3) is 0 Å². The molecule has 0 unspecified atom stereocenters. The summed E-state index contributed by atoms with van der Waals surface area (Å²) in [7, 11) is -1.71. The third kappa shape index (κ3) is 3.60. The van der Waals surface area contributed by atoms with E-state index in [1.54, 1.807) is 11.7 Å². The van der Waals surface area contributed by atoms with Crippen molar-refractivity contribution in [2.24, 2.45) is 12.2 Å². The molecule has 0 aromatic carbocycles. The van der Waals surface area contributed by atoms with Crippen molar-refractivity contribution in [2.75, 3.05) is 23.3 Å². The van der Waals surface area contributed by atoms with Crippen LogP contribution in [0, 0.1) is 0 Å². The summed E-state index contributed by atoms with van der Waals surface area (Å²) in [6.07, 6.45) is 0. The van der Waals surface area contributed by atoms with Crippen LogP contribution in [0.2, 0.25) is 0 Å². The molecular formula is C9H19N5O2S. The predicted molar refractivity (Wildman–Crippen MR) is 68.2 cm³/mol. The van der Waals surface area contributed by atoms with E-state index in [1.165, 1.54) is 0 Å². The van der Waals surface area contributed by atoms with Crippen LogP contribution in [-0.4, -0.2) is 30.5 Å². The molecule has 0 amide bonds. The van der Waals surface area contributed by atoms with Crippen LogP contribution in [0.4, 0.5) is 11.5 Å². The van der Waals surface area contributed by atoms with Crippen LogP contribution < -0.4 is 16.2 Å². The molecule has 0 aliphatic carbocycles. The predicted octanol–water partition coefficient (Wildman–Crippen LogP) is -0.174. The second kappa shape index (κ2) is 4.92. The van der Waals surface area contributed by atoms with Gasteiger partial charge in [-0.15, -0.1) is 0 Å². The minimum Gasteiger partial charge on any atom is -0.394 e. The molecule has 0 saturated heterocycles. The fourth-order valence-corrected chi connectivity index (χ4v) is 1.90. The van der Waals surface area contributed by atoms with Crippen molar-refractivity contribution in [3.05, 3.63) is 5.69 Å². The van der Waals surface area contributed by atoms with Crippen molar-refractivity contribution in [1.82, 2.24) is 9.78 Å². The summed E-state index contributed by atoms with van der Waals surface area (Å²) in [6.45, 7) is 4.19. The molecule has 8 heteroatoms. The second-order valence-electron chi connectivity index (χ2n) is 4.22. The highest BCUT2D eigenvalue weighted by molar-refractivity contribution is 7.89. The Morgan fingerprint density at radius 3 is 2.47 bits per heavy atom. The number of aromatic nitrogens is 2. The van der Waals surface area contributed by atoms with Gasteiger partial charge in [-0.05, 0) is 5.92 Å². The first kappa shape index (κ1) is 13.8. The molecule has 1 aromatic rings. The Bertz CT molecular complexity index is 492. The van der Waals surface area contributed by atoms with Gasteiger partial charge in [-0.25, -0.2) is 13.6 Å². The zero-order valence-electron chi connectivity index (χ0n) is 10.3. The number of sulfonamides is 1. The van der Waals surface area contributed by atoms with E-state index in [1.807, 2.05) is 13.8 Å². The Morgan fingerprint density at radius 1 is 1.47 bits per heavy atom. The molecule has 17 heavy (non-hydrogen) atoms. The smallest absolute Gasteiger partial charge is 0.210 e. The first-order valence-electron chi connectivity index (χ1n) is 5.29. The molecule has 0 aliphatic rings. The Hall–Kier alpha value is -1.28. The second-order valence-corrected chi connectivity index (χ2v) is 5.95. The van der Waals surface area contributed by atoms with Crippen molar-refractivity contribution in [1.29, 1.82) is 0 Å². The molecule has 0 fully saturated rings. The van der Waals surface area contributed by atoms with Gasteiger partial charge in [0, 0.05) is 13.6 Å². The summed E-state index contributed by atoms with van der Waals surface area (Å²) < 4.78 is 23.2. The zero-order chi connectivity index (χ0) is 13.2. The molecule has 1 heterocycles. The molecule has 1 aromatic heterocycles. The van der Waals surface area contributed by atoms with Crippen LogP contribution in [0.1, 0.15) is 25.5 Å². The summed E-state index contributed by atoms with van der Waals surface area (Å²) in [5.74, 6) is 0.696. The van der Waals surface area contributed by atoms with Gasteiger partial charge in [-0.2, -0.15) is 5.10 Å². The normalized spacial score (nSPS) is 12.1. The van der Waals surface area contributed by atoms with Gasteiger partial charge in [-0.3, -0.25) is 4.68 Å². The van der Waals surface area contributed by atoms with Crippen molar-refractivity contribution in [3.8, 4) is 0 Å². The highest BCUT2D eigenvalue weighted by atomic mass is 32.2. The average molecular weight is 261 g/mol. The SMILES string of the molecule is CC(C)c1nn(C)c(NCCS(N)(=O)=O)c1N. The first-order chi connectivity index (χ1) is 7.72. The van der Waals surface area contributed by atoms with Crippen LogP contribution in [-0.2, 0) is 17.1 Å². The highest BCUT2D eigenvalue weighted by Crippen LogP contribution is 2.27. The molecule has 0 radical (unpaired) electrons. The van der Waals surface area contributed by atoms with Gasteiger partial charge >= 0.3 is 0 Å². The lowest BCUT2D eigenvalue weighted by atomic mass is 10.1. The molecule has 1 rings (SSSR count). The first-order valence-corrected chi connectivity index (χ1v) is 7.00. The van der Waals surface area contributed by atoms with Crippen LogP contribution in [0.5, 0.6) is 0 Å². The number of nitrogens with two attached hydrogens (primary N) is 2. The number of aryl methyl sites for hydroxylation is 1. The zero-order valence-corrected chi connectivity index (χ0v) is 11.1. The van der Waals surface area contributed by atoms with Crippen LogP contribution in [0.25, 0.3) is 0 Å². The molecule has 0 spiro atoms. The Kier molecular flexibility index (Phi) is 3.99. The van der Waals surface area contributed by atoms with Gasteiger partial charge < -0.3 is 11.1 Å². The maximum absolute atomic E-state index is 10.8. The number of anilines is 2. The van der Waals surface area contributed by atoms with Gasteiger partial charge in [-0.1, -0.05) is 13.8 Å². The quantitative estimate of drug-likeness (QED) is 0.680. The van der Waals surface area contributed by atoms with Gasteiger partial charge in [0.05, 0.1) is 17.1 Å². The van der Waals surface area contributed by atoms with E-state index < -0.39 is 10.0 Å². The third-order valence-electron chi connectivity index (χ3n) is 2.34. The standard InChI is InChI=1S/C9H19N5O2S/c1-6(2)8-7(10)9(14(3)13-8)12-4-5-17(11,15)16/h6,12H,4-5,10H2,1-3H3,(H2,11,15,16). The van der Waals surface area contributed by atoms with Crippen molar-refractivity contribution >= 4 is 21.5 Å². The van der Waals surface area contributed by atoms with Gasteiger partial charge in [0.2, 0.25) is 10.0 Å². The summed E-state index contributed by atoms with van der Waals surface area (Å²) in [5, 5.41) is 12.1. The Morgan fingerprint density at radius 2 is 2.06 bits per heavy atom. The number of hydrogen-bond donors (Lipinski definition) is 3. The summed E-state index contributed by atoms with van der Waals surface area (Å²) in [6, 6.07) is 0. The third-order valence-corrected chi connectivity index (χ3v) is 3.11. The average Bonchev–Trinajstić information content (AvgIpc) is 2.43. The van der Waals surface area contributed by atoms with Crippen molar-refractivity contribution < 1.29 is 8.42 Å². The Labute approximate surface area is 101 Å². The molecule has 7 nitrogen and oxygen atoms in total. The molecule has 0 saturated carbocycles. The lowest BCUT2D eigenvalue weighted by molar-refractivity contribution is 0.598. The largest absolute Gasteiger partial charge is 0.394 e. The van der Waals surface area contributed by atoms with Crippen molar-refractivity contribution in [3.63, 3.8) is 0 Å². The number of primary sulfonamides is 1. The van der Waals surface area contributed by atoms with E-state index in [2.05, 4.69) is 10.4 Å². The van der Waals surface area contributed by atoms with E-state index in [0.717, 1.165) is 5.69 Å². The van der Waals surface area contributed by atoms with Gasteiger partial charge in [0.15, 0.2) is 0 Å². The van der Waals surface area contributed by atoms with Crippen molar-refractivity contribution in [2.45, 2.75) is 19.8 Å². The topological polar surface area (TPSA) is 116 Å². The minimum atomic E-state index is -3.46. The van der Waals surface area contributed by atoms with Crippen LogP contribution in [0.15, 0.2) is 0 Å². The number of nitrogen functional groups attached to an aromatic ring is 1. The molecular weight excluding hydrogens is 242 g/mol. The van der Waals surface area contributed by atoms with E-state index in [-0.39, 0.29) is 18.2 Å². The fourth-order valence-electron chi connectivity index (χ4n) is 1.51. The van der Waals surface area contributed by atoms with E-state index >= 15 is 0 Å². The minimum absolute atomic E-state index is 0.144. The lowest BCUT2D eigenvalue weighted by Gasteiger charge is -2.06. The van der Waals surface area contributed by atoms with Crippen LogP contribution >= 0.6 is 0 Å². The monoisotopic (exact) mass is 261 g/mol. The maximum atomic E-state index is 10.8. The van der Waals surface area contributed by atoms with E-state index in [0.29, 0.717) is 11.5 Å². The molecule has 0 aliphatic heterocycles. The number of hydrogen-bond acceptors (Lipinski definition) is 5. The fraction of sp³-hybridized carbons (Fsp3) is 0.667.